The number of hydrogen-bond donors (Lipinski definition) is 0. The number of ether oxygens (including phenoxy) is 2. The van der Waals surface area contributed by atoms with Crippen LogP contribution in [0.1, 0.15) is 22.3 Å². The molecule has 0 saturated heterocycles. The Hall–Kier alpha value is -4.17. The first-order valence-electron chi connectivity index (χ1n) is 12.1. The standard InChI is InChI=1S/C30H26F3N3O2/c1-37-26-13-9-21(24-5-3-15-34-28(24)26)18-36(17-20-7-11-23(12-8-20)30(31,32)33)19-22-10-14-27(38-2)29-25(22)6-4-16-35-29/h3-16H,17-19H2,1-2H3. The van der Waals surface area contributed by atoms with E-state index in [0.29, 0.717) is 31.1 Å². The Labute approximate surface area is 218 Å². The van der Waals surface area contributed by atoms with Crippen molar-refractivity contribution in [3.63, 3.8) is 0 Å². The smallest absolute Gasteiger partial charge is 0.416 e. The van der Waals surface area contributed by atoms with Crippen LogP contribution in [0.4, 0.5) is 13.2 Å². The van der Waals surface area contributed by atoms with Gasteiger partial charge in [-0.05, 0) is 53.1 Å². The Balaban J connectivity index is 1.53. The number of fused-ring (bicyclic) bond motifs is 2. The van der Waals surface area contributed by atoms with Crippen molar-refractivity contribution in [2.45, 2.75) is 25.8 Å². The maximum absolute atomic E-state index is 13.1. The average Bonchev–Trinajstić information content (AvgIpc) is 2.93. The molecule has 2 aromatic heterocycles. The molecule has 0 bridgehead atoms. The van der Waals surface area contributed by atoms with Crippen molar-refractivity contribution in [1.29, 1.82) is 0 Å². The van der Waals surface area contributed by atoms with Gasteiger partial charge in [0.15, 0.2) is 0 Å². The average molecular weight is 518 g/mol. The van der Waals surface area contributed by atoms with E-state index in [9.17, 15) is 13.2 Å². The third-order valence-corrected chi connectivity index (χ3v) is 6.56. The van der Waals surface area contributed by atoms with Crippen molar-refractivity contribution >= 4 is 21.8 Å². The summed E-state index contributed by atoms with van der Waals surface area (Å²) in [5, 5.41) is 1.93. The van der Waals surface area contributed by atoms with Gasteiger partial charge in [0.1, 0.15) is 22.5 Å². The lowest BCUT2D eigenvalue weighted by Gasteiger charge is -2.25. The first-order valence-corrected chi connectivity index (χ1v) is 12.1. The normalized spacial score (nSPS) is 11.8. The number of halogens is 3. The largest absolute Gasteiger partial charge is 0.494 e. The monoisotopic (exact) mass is 517 g/mol. The second-order valence-electron chi connectivity index (χ2n) is 8.99. The molecule has 0 aliphatic carbocycles. The summed E-state index contributed by atoms with van der Waals surface area (Å²) in [6, 6.07) is 20.9. The van der Waals surface area contributed by atoms with Gasteiger partial charge in [0.2, 0.25) is 0 Å². The van der Waals surface area contributed by atoms with Crippen molar-refractivity contribution in [3.8, 4) is 11.5 Å². The number of alkyl halides is 3. The van der Waals surface area contributed by atoms with E-state index >= 15 is 0 Å². The first-order chi connectivity index (χ1) is 18.4. The Morgan fingerprint density at radius 2 is 1.16 bits per heavy atom. The maximum Gasteiger partial charge on any atom is 0.416 e. The molecule has 0 aliphatic heterocycles. The second-order valence-corrected chi connectivity index (χ2v) is 8.99. The van der Waals surface area contributed by atoms with Crippen molar-refractivity contribution in [1.82, 2.24) is 14.9 Å². The lowest BCUT2D eigenvalue weighted by molar-refractivity contribution is -0.137. The molecule has 0 saturated carbocycles. The number of rotatable bonds is 8. The molecule has 0 amide bonds. The highest BCUT2D eigenvalue weighted by atomic mass is 19.4. The predicted molar refractivity (Wildman–Crippen MR) is 141 cm³/mol. The second kappa shape index (κ2) is 10.7. The molecule has 5 aromatic rings. The SMILES string of the molecule is COc1ccc(CN(Cc2ccc(C(F)(F)F)cc2)Cc2ccc(OC)c3ncccc23)c2cccnc12. The van der Waals surface area contributed by atoms with Gasteiger partial charge in [-0.1, -0.05) is 36.4 Å². The van der Waals surface area contributed by atoms with Gasteiger partial charge in [0.25, 0.3) is 0 Å². The number of aromatic nitrogens is 2. The summed E-state index contributed by atoms with van der Waals surface area (Å²) in [5.41, 5.74) is 3.73. The van der Waals surface area contributed by atoms with Crippen LogP contribution in [0.2, 0.25) is 0 Å². The molecular weight excluding hydrogens is 491 g/mol. The van der Waals surface area contributed by atoms with Gasteiger partial charge in [-0.25, -0.2) is 0 Å². The highest BCUT2D eigenvalue weighted by Gasteiger charge is 2.30. The molecule has 0 radical (unpaired) electrons. The molecule has 0 spiro atoms. The van der Waals surface area contributed by atoms with Gasteiger partial charge < -0.3 is 9.47 Å². The van der Waals surface area contributed by atoms with Gasteiger partial charge in [-0.15, -0.1) is 0 Å². The van der Waals surface area contributed by atoms with Crippen molar-refractivity contribution in [2.75, 3.05) is 14.2 Å². The van der Waals surface area contributed by atoms with Crippen LogP contribution in [0.15, 0.2) is 85.2 Å². The Bertz CT molecular complexity index is 1480. The topological polar surface area (TPSA) is 47.5 Å². The van der Waals surface area contributed by atoms with E-state index in [1.54, 1.807) is 26.6 Å². The number of benzene rings is 3. The van der Waals surface area contributed by atoms with E-state index in [1.165, 1.54) is 12.1 Å². The summed E-state index contributed by atoms with van der Waals surface area (Å²) in [6.07, 6.45) is -0.918. The first kappa shape index (κ1) is 25.5. The van der Waals surface area contributed by atoms with Gasteiger partial charge in [-0.3, -0.25) is 14.9 Å². The molecule has 0 aliphatic rings. The molecule has 0 fully saturated rings. The van der Waals surface area contributed by atoms with Crippen molar-refractivity contribution in [2.24, 2.45) is 0 Å². The number of nitrogens with zero attached hydrogens (tertiary/aromatic N) is 3. The third kappa shape index (κ3) is 5.26. The van der Waals surface area contributed by atoms with Crippen LogP contribution in [0.5, 0.6) is 11.5 Å². The number of hydrogen-bond acceptors (Lipinski definition) is 5. The lowest BCUT2D eigenvalue weighted by atomic mass is 10.0. The Morgan fingerprint density at radius 1 is 0.658 bits per heavy atom. The molecule has 3 aromatic carbocycles. The zero-order chi connectivity index (χ0) is 26.7. The van der Waals surface area contributed by atoms with Gasteiger partial charge in [0.05, 0.1) is 19.8 Å². The summed E-state index contributed by atoms with van der Waals surface area (Å²) < 4.78 is 50.4. The van der Waals surface area contributed by atoms with E-state index in [-0.39, 0.29) is 0 Å². The van der Waals surface area contributed by atoms with Crippen molar-refractivity contribution in [3.05, 3.63) is 107 Å². The molecule has 0 N–H and O–H groups in total. The molecule has 0 unspecified atom stereocenters. The summed E-state index contributed by atoms with van der Waals surface area (Å²) >= 11 is 0. The third-order valence-electron chi connectivity index (χ3n) is 6.56. The van der Waals surface area contributed by atoms with Crippen LogP contribution in [0.25, 0.3) is 21.8 Å². The fourth-order valence-electron chi connectivity index (χ4n) is 4.72. The van der Waals surface area contributed by atoms with Crippen LogP contribution in [-0.4, -0.2) is 29.1 Å². The lowest BCUT2D eigenvalue weighted by Crippen LogP contribution is -2.23. The zero-order valence-electron chi connectivity index (χ0n) is 21.0. The summed E-state index contributed by atoms with van der Waals surface area (Å²) in [7, 11) is 3.23. The number of methoxy groups -OCH3 is 2. The minimum atomic E-state index is -4.37. The summed E-state index contributed by atoms with van der Waals surface area (Å²) in [4.78, 5) is 11.2. The predicted octanol–water partition coefficient (Wildman–Crippen LogP) is 7.02. The molecular formula is C30H26F3N3O2. The van der Waals surface area contributed by atoms with Crippen molar-refractivity contribution < 1.29 is 22.6 Å². The quantitative estimate of drug-likeness (QED) is 0.221. The van der Waals surface area contributed by atoms with E-state index in [0.717, 1.165) is 50.6 Å². The van der Waals surface area contributed by atoms with Crippen LogP contribution >= 0.6 is 0 Å². The molecule has 2 heterocycles. The Morgan fingerprint density at radius 3 is 1.61 bits per heavy atom. The van der Waals surface area contributed by atoms with Crippen LogP contribution < -0.4 is 9.47 Å². The maximum atomic E-state index is 13.1. The van der Waals surface area contributed by atoms with Crippen LogP contribution in [0, 0.1) is 0 Å². The molecule has 5 nitrogen and oxygen atoms in total. The van der Waals surface area contributed by atoms with E-state index in [2.05, 4.69) is 14.9 Å². The van der Waals surface area contributed by atoms with E-state index in [1.807, 2.05) is 48.5 Å². The molecule has 194 valence electrons. The van der Waals surface area contributed by atoms with Gasteiger partial charge in [0, 0.05) is 42.8 Å². The van der Waals surface area contributed by atoms with E-state index < -0.39 is 11.7 Å². The zero-order valence-corrected chi connectivity index (χ0v) is 21.0. The molecule has 8 heteroatoms. The van der Waals surface area contributed by atoms with E-state index in [4.69, 9.17) is 9.47 Å². The minimum Gasteiger partial charge on any atom is -0.494 e. The van der Waals surface area contributed by atoms with Crippen LogP contribution in [0.3, 0.4) is 0 Å². The fraction of sp³-hybridized carbons (Fsp3) is 0.200. The fourth-order valence-corrected chi connectivity index (χ4v) is 4.72. The summed E-state index contributed by atoms with van der Waals surface area (Å²) in [5.74, 6) is 1.37. The van der Waals surface area contributed by atoms with Gasteiger partial charge >= 0.3 is 6.18 Å². The van der Waals surface area contributed by atoms with Crippen LogP contribution in [-0.2, 0) is 25.8 Å². The van der Waals surface area contributed by atoms with Gasteiger partial charge in [-0.2, -0.15) is 13.2 Å². The Kier molecular flexibility index (Phi) is 7.15. The molecule has 38 heavy (non-hydrogen) atoms. The molecule has 0 atom stereocenters. The molecule has 5 rings (SSSR count). The summed E-state index contributed by atoms with van der Waals surface area (Å²) in [6.45, 7) is 1.53. The highest BCUT2D eigenvalue weighted by molar-refractivity contribution is 5.88. The minimum absolute atomic E-state index is 0.444. The number of pyridine rings is 2. The highest BCUT2D eigenvalue weighted by Crippen LogP contribution is 2.32.